The summed E-state index contributed by atoms with van der Waals surface area (Å²) in [6.07, 6.45) is 8.59. The van der Waals surface area contributed by atoms with Crippen molar-refractivity contribution in [1.82, 2.24) is 0 Å². The van der Waals surface area contributed by atoms with Gasteiger partial charge in [0.1, 0.15) is 5.75 Å². The highest BCUT2D eigenvalue weighted by Crippen LogP contribution is 2.42. The summed E-state index contributed by atoms with van der Waals surface area (Å²) >= 11 is 0. The Morgan fingerprint density at radius 3 is 1.90 bits per heavy atom. The number of ether oxygens (including phenoxy) is 1. The summed E-state index contributed by atoms with van der Waals surface area (Å²) in [6.45, 7) is 17.5. The normalized spacial score (nSPS) is 13.3. The maximum absolute atomic E-state index is 11.6. The number of benzene rings is 1. The third kappa shape index (κ3) is 8.32. The number of phenols is 1. The topological polar surface area (TPSA) is 46.5 Å². The van der Waals surface area contributed by atoms with Crippen molar-refractivity contribution in [2.24, 2.45) is 0 Å². The predicted molar refractivity (Wildman–Crippen MR) is 127 cm³/mol. The van der Waals surface area contributed by atoms with Crippen LogP contribution in [0.15, 0.2) is 12.1 Å². The van der Waals surface area contributed by atoms with Crippen LogP contribution in [-0.2, 0) is 20.4 Å². The lowest BCUT2D eigenvalue weighted by Gasteiger charge is -2.30. The Kier molecular flexibility index (Phi) is 10.4. The smallest absolute Gasteiger partial charge is 0.305 e. The van der Waals surface area contributed by atoms with Crippen molar-refractivity contribution in [3.8, 4) is 5.75 Å². The number of hydrogen-bond donors (Lipinski definition) is 1. The third-order valence-corrected chi connectivity index (χ3v) is 5.89. The van der Waals surface area contributed by atoms with Gasteiger partial charge in [-0.1, -0.05) is 99.6 Å². The van der Waals surface area contributed by atoms with Crippen LogP contribution in [0.4, 0.5) is 0 Å². The van der Waals surface area contributed by atoms with Crippen LogP contribution >= 0.6 is 0 Å². The van der Waals surface area contributed by atoms with Gasteiger partial charge in [-0.3, -0.25) is 4.79 Å². The fourth-order valence-electron chi connectivity index (χ4n) is 3.92. The van der Waals surface area contributed by atoms with Gasteiger partial charge in [0.05, 0.1) is 6.61 Å². The summed E-state index contributed by atoms with van der Waals surface area (Å²) in [5.74, 6) is 0.630. The standard InChI is InChI=1S/C27H46O3/c1-9-11-12-13-14-15-20(16-17-30-24(28)10-2)21-18-22(26(3,4)5)25(29)23(19-21)27(6,7)8/h18-20,29H,9-17H2,1-8H3. The Hall–Kier alpha value is -1.51. The number of esters is 1. The zero-order valence-corrected chi connectivity index (χ0v) is 20.9. The molecule has 1 unspecified atom stereocenters. The van der Waals surface area contributed by atoms with E-state index in [2.05, 4.69) is 60.6 Å². The second kappa shape index (κ2) is 11.8. The van der Waals surface area contributed by atoms with Gasteiger partial charge in [-0.2, -0.15) is 0 Å². The molecule has 1 rings (SSSR count). The number of phenolic OH excluding ortho intramolecular Hbond substituents is 1. The van der Waals surface area contributed by atoms with Crippen LogP contribution in [0.3, 0.4) is 0 Å². The first kappa shape index (κ1) is 26.5. The van der Waals surface area contributed by atoms with E-state index in [1.165, 1.54) is 37.7 Å². The molecular weight excluding hydrogens is 372 g/mol. The van der Waals surface area contributed by atoms with E-state index in [0.717, 1.165) is 24.0 Å². The van der Waals surface area contributed by atoms with Crippen molar-refractivity contribution >= 4 is 5.97 Å². The van der Waals surface area contributed by atoms with Crippen LogP contribution < -0.4 is 0 Å². The molecule has 0 bridgehead atoms. The lowest BCUT2D eigenvalue weighted by molar-refractivity contribution is -0.143. The maximum atomic E-state index is 11.6. The van der Waals surface area contributed by atoms with Crippen molar-refractivity contribution < 1.29 is 14.6 Å². The van der Waals surface area contributed by atoms with Gasteiger partial charge in [-0.25, -0.2) is 0 Å². The number of aromatic hydroxyl groups is 1. The highest BCUT2D eigenvalue weighted by Gasteiger charge is 2.28. The summed E-state index contributed by atoms with van der Waals surface area (Å²) < 4.78 is 5.42. The highest BCUT2D eigenvalue weighted by molar-refractivity contribution is 5.68. The number of carbonyl (C=O) groups is 1. The molecule has 0 heterocycles. The van der Waals surface area contributed by atoms with Gasteiger partial charge in [0, 0.05) is 6.42 Å². The molecule has 1 atom stereocenters. The monoisotopic (exact) mass is 418 g/mol. The average Bonchev–Trinajstić information content (AvgIpc) is 2.64. The van der Waals surface area contributed by atoms with E-state index in [0.29, 0.717) is 24.7 Å². The Labute approximate surface area is 185 Å². The number of rotatable bonds is 11. The minimum Gasteiger partial charge on any atom is -0.507 e. The van der Waals surface area contributed by atoms with Crippen molar-refractivity contribution in [3.05, 3.63) is 28.8 Å². The maximum Gasteiger partial charge on any atom is 0.305 e. The molecule has 0 saturated carbocycles. The summed E-state index contributed by atoms with van der Waals surface area (Å²) in [5.41, 5.74) is 3.00. The van der Waals surface area contributed by atoms with Gasteiger partial charge in [0.15, 0.2) is 0 Å². The Morgan fingerprint density at radius 1 is 0.900 bits per heavy atom. The molecule has 30 heavy (non-hydrogen) atoms. The molecule has 0 aliphatic rings. The molecule has 0 amide bonds. The van der Waals surface area contributed by atoms with Crippen LogP contribution in [0.1, 0.15) is 129 Å². The largest absolute Gasteiger partial charge is 0.507 e. The Bertz CT molecular complexity index is 627. The minimum atomic E-state index is -0.138. The minimum absolute atomic E-state index is 0.131. The first-order valence-electron chi connectivity index (χ1n) is 11.9. The average molecular weight is 419 g/mol. The molecule has 1 aromatic carbocycles. The zero-order chi connectivity index (χ0) is 22.9. The van der Waals surface area contributed by atoms with Gasteiger partial charge >= 0.3 is 5.97 Å². The summed E-state index contributed by atoms with van der Waals surface area (Å²) in [4.78, 5) is 11.6. The van der Waals surface area contributed by atoms with Crippen LogP contribution in [-0.4, -0.2) is 17.7 Å². The summed E-state index contributed by atoms with van der Waals surface area (Å²) in [6, 6.07) is 4.39. The molecule has 0 spiro atoms. The quantitative estimate of drug-likeness (QED) is 0.295. The van der Waals surface area contributed by atoms with Crippen LogP contribution in [0, 0.1) is 0 Å². The Balaban J connectivity index is 3.22. The zero-order valence-electron chi connectivity index (χ0n) is 20.9. The lowest BCUT2D eigenvalue weighted by Crippen LogP contribution is -2.19. The fourth-order valence-corrected chi connectivity index (χ4v) is 3.92. The predicted octanol–water partition coefficient (Wildman–Crippen LogP) is 7.77. The van der Waals surface area contributed by atoms with Crippen LogP contribution in [0.5, 0.6) is 5.75 Å². The summed E-state index contributed by atoms with van der Waals surface area (Å²) in [7, 11) is 0. The molecule has 0 fully saturated rings. The van der Waals surface area contributed by atoms with Gasteiger partial charge < -0.3 is 9.84 Å². The van der Waals surface area contributed by atoms with E-state index in [4.69, 9.17) is 4.74 Å². The van der Waals surface area contributed by atoms with E-state index >= 15 is 0 Å². The molecule has 0 aliphatic heterocycles. The molecular formula is C27H46O3. The third-order valence-electron chi connectivity index (χ3n) is 5.89. The molecule has 1 N–H and O–H groups in total. The lowest BCUT2D eigenvalue weighted by atomic mass is 9.76. The van der Waals surface area contributed by atoms with Gasteiger partial charge in [0.2, 0.25) is 0 Å². The number of carbonyl (C=O) groups excluding carboxylic acids is 1. The second-order valence-electron chi connectivity index (χ2n) is 10.7. The SMILES string of the molecule is CCCCCCCC(CCOC(=O)CC)c1cc(C(C)(C)C)c(O)c(C(C)(C)C)c1. The molecule has 3 heteroatoms. The summed E-state index contributed by atoms with van der Waals surface area (Å²) in [5, 5.41) is 11.1. The number of unbranched alkanes of at least 4 members (excludes halogenated alkanes) is 4. The van der Waals surface area contributed by atoms with Gasteiger partial charge in [-0.15, -0.1) is 0 Å². The molecule has 0 aliphatic carbocycles. The molecule has 1 aromatic rings. The van der Waals surface area contributed by atoms with Gasteiger partial charge in [0.25, 0.3) is 0 Å². The second-order valence-corrected chi connectivity index (χ2v) is 10.7. The van der Waals surface area contributed by atoms with E-state index in [-0.39, 0.29) is 16.8 Å². The Morgan fingerprint density at radius 2 is 1.43 bits per heavy atom. The van der Waals surface area contributed by atoms with E-state index < -0.39 is 0 Å². The molecule has 0 aromatic heterocycles. The van der Waals surface area contributed by atoms with Crippen molar-refractivity contribution in [3.63, 3.8) is 0 Å². The highest BCUT2D eigenvalue weighted by atomic mass is 16.5. The van der Waals surface area contributed by atoms with E-state index in [1.807, 2.05) is 6.92 Å². The van der Waals surface area contributed by atoms with Crippen LogP contribution in [0.2, 0.25) is 0 Å². The molecule has 3 nitrogen and oxygen atoms in total. The number of hydrogen-bond acceptors (Lipinski definition) is 3. The molecule has 0 radical (unpaired) electrons. The van der Waals surface area contributed by atoms with Crippen molar-refractivity contribution in [1.29, 1.82) is 0 Å². The van der Waals surface area contributed by atoms with Crippen LogP contribution in [0.25, 0.3) is 0 Å². The van der Waals surface area contributed by atoms with Crippen molar-refractivity contribution in [2.75, 3.05) is 6.61 Å². The molecule has 172 valence electrons. The molecule has 0 saturated heterocycles. The van der Waals surface area contributed by atoms with Gasteiger partial charge in [-0.05, 0) is 46.3 Å². The first-order chi connectivity index (χ1) is 13.9. The fraction of sp³-hybridized carbons (Fsp3) is 0.741. The van der Waals surface area contributed by atoms with E-state index in [9.17, 15) is 9.90 Å². The first-order valence-corrected chi connectivity index (χ1v) is 11.9. The van der Waals surface area contributed by atoms with E-state index in [1.54, 1.807) is 0 Å². The van der Waals surface area contributed by atoms with Crippen molar-refractivity contribution in [2.45, 2.75) is 124 Å².